The second-order valence-electron chi connectivity index (χ2n) is 5.80. The molecule has 110 valence electrons. The van der Waals surface area contributed by atoms with Gasteiger partial charge in [-0.05, 0) is 49.3 Å². The summed E-state index contributed by atoms with van der Waals surface area (Å²) in [7, 11) is 0. The van der Waals surface area contributed by atoms with Gasteiger partial charge in [0.05, 0.1) is 11.9 Å². The molecule has 3 rings (SSSR count). The van der Waals surface area contributed by atoms with Gasteiger partial charge in [-0.25, -0.2) is 0 Å². The van der Waals surface area contributed by atoms with Crippen LogP contribution in [0.3, 0.4) is 0 Å². The molecule has 0 saturated heterocycles. The molecule has 0 bridgehead atoms. The Hall–Kier alpha value is -1.94. The summed E-state index contributed by atoms with van der Waals surface area (Å²) in [4.78, 5) is 15.6. The van der Waals surface area contributed by atoms with Gasteiger partial charge in [0.25, 0.3) is 0 Å². The number of aryl methyl sites for hydroxylation is 1. The summed E-state index contributed by atoms with van der Waals surface area (Å²) in [5.74, 6) is -0.838. The van der Waals surface area contributed by atoms with Crippen LogP contribution in [0.2, 0.25) is 0 Å². The molecule has 1 aliphatic rings. The van der Waals surface area contributed by atoms with Gasteiger partial charge in [0.2, 0.25) is 0 Å². The molecule has 0 fully saturated rings. The number of carboxylic acids is 1. The van der Waals surface area contributed by atoms with E-state index in [1.165, 1.54) is 29.7 Å². The molecule has 0 amide bonds. The topological polar surface area (TPSA) is 76.2 Å². The third-order valence-corrected chi connectivity index (χ3v) is 4.19. The molecule has 1 aromatic heterocycles. The number of benzene rings is 1. The smallest absolute Gasteiger partial charge is 0.304 e. The molecule has 4 nitrogen and oxygen atoms in total. The zero-order valence-electron chi connectivity index (χ0n) is 12.0. The van der Waals surface area contributed by atoms with E-state index in [-0.39, 0.29) is 12.5 Å². The molecule has 1 aliphatic carbocycles. The summed E-state index contributed by atoms with van der Waals surface area (Å²) in [6, 6.07) is 7.74. The van der Waals surface area contributed by atoms with Crippen molar-refractivity contribution >= 4 is 16.9 Å². The maximum absolute atomic E-state index is 10.9. The van der Waals surface area contributed by atoms with Crippen LogP contribution in [0, 0.1) is 0 Å². The first-order chi connectivity index (χ1) is 10.1. The number of rotatable bonds is 4. The number of aliphatic carboxylic acids is 1. The van der Waals surface area contributed by atoms with E-state index in [1.807, 2.05) is 18.2 Å². The lowest BCUT2D eigenvalue weighted by Gasteiger charge is -2.22. The maximum Gasteiger partial charge on any atom is 0.304 e. The summed E-state index contributed by atoms with van der Waals surface area (Å²) in [6.45, 7) is 0. The van der Waals surface area contributed by atoms with E-state index in [9.17, 15) is 4.79 Å². The Bertz CT molecular complexity index is 682. The Labute approximate surface area is 124 Å². The summed E-state index contributed by atoms with van der Waals surface area (Å²) < 4.78 is 0. The third-order valence-electron chi connectivity index (χ3n) is 4.19. The minimum Gasteiger partial charge on any atom is -0.481 e. The first-order valence-corrected chi connectivity index (χ1v) is 7.52. The fraction of sp³-hybridized carbons (Fsp3) is 0.412. The van der Waals surface area contributed by atoms with E-state index in [1.54, 1.807) is 0 Å². The maximum atomic E-state index is 10.9. The molecule has 2 aromatic rings. The Kier molecular flexibility index (Phi) is 3.88. The Morgan fingerprint density at radius 3 is 2.86 bits per heavy atom. The molecule has 1 aromatic carbocycles. The van der Waals surface area contributed by atoms with Gasteiger partial charge in [0, 0.05) is 17.1 Å². The number of nitrogens with zero attached hydrogens (tertiary/aromatic N) is 1. The number of aromatic nitrogens is 1. The lowest BCUT2D eigenvalue weighted by Crippen LogP contribution is -2.27. The van der Waals surface area contributed by atoms with E-state index in [2.05, 4.69) is 6.07 Å². The molecule has 0 spiro atoms. The van der Waals surface area contributed by atoms with Crippen LogP contribution in [0.1, 0.15) is 36.1 Å². The number of pyridine rings is 1. The van der Waals surface area contributed by atoms with E-state index < -0.39 is 5.97 Å². The summed E-state index contributed by atoms with van der Waals surface area (Å²) in [5.41, 5.74) is 10.7. The summed E-state index contributed by atoms with van der Waals surface area (Å²) in [5, 5.41) is 10.0. The fourth-order valence-electron chi connectivity index (χ4n) is 3.26. The second-order valence-corrected chi connectivity index (χ2v) is 5.80. The SMILES string of the molecule is NC(CC(=O)O)Cc1c2c(nc3ccccc13)CCCC2. The number of fused-ring (bicyclic) bond motifs is 2. The molecule has 0 aliphatic heterocycles. The number of nitrogens with two attached hydrogens (primary N) is 1. The zero-order valence-corrected chi connectivity index (χ0v) is 12.0. The fourth-order valence-corrected chi connectivity index (χ4v) is 3.26. The van der Waals surface area contributed by atoms with Gasteiger partial charge in [0.1, 0.15) is 0 Å². The molecule has 0 radical (unpaired) electrons. The first-order valence-electron chi connectivity index (χ1n) is 7.52. The average Bonchev–Trinajstić information content (AvgIpc) is 2.46. The van der Waals surface area contributed by atoms with Crippen molar-refractivity contribution in [3.63, 3.8) is 0 Å². The molecule has 1 atom stereocenters. The largest absolute Gasteiger partial charge is 0.481 e. The zero-order chi connectivity index (χ0) is 14.8. The van der Waals surface area contributed by atoms with Crippen molar-refractivity contribution in [2.45, 2.75) is 44.6 Å². The third kappa shape index (κ3) is 2.90. The van der Waals surface area contributed by atoms with Crippen molar-refractivity contribution in [1.82, 2.24) is 4.98 Å². The van der Waals surface area contributed by atoms with Crippen LogP contribution in [0.15, 0.2) is 24.3 Å². The number of hydrogen-bond donors (Lipinski definition) is 2. The van der Waals surface area contributed by atoms with Gasteiger partial charge in [-0.3, -0.25) is 9.78 Å². The van der Waals surface area contributed by atoms with Crippen LogP contribution in [-0.2, 0) is 24.1 Å². The van der Waals surface area contributed by atoms with Crippen LogP contribution in [0.4, 0.5) is 0 Å². The van der Waals surface area contributed by atoms with Crippen LogP contribution in [0.5, 0.6) is 0 Å². The first kappa shape index (κ1) is 14.0. The average molecular weight is 284 g/mol. The normalized spacial score (nSPS) is 15.7. The van der Waals surface area contributed by atoms with Crippen molar-refractivity contribution in [3.05, 3.63) is 41.1 Å². The standard InChI is InChI=1S/C17H20N2O2/c18-11(10-17(20)21)9-14-12-5-1-3-7-15(12)19-16-8-4-2-6-13(14)16/h1,3,5,7,11H,2,4,6,8-10,18H2,(H,20,21). The van der Waals surface area contributed by atoms with Crippen molar-refractivity contribution in [2.24, 2.45) is 5.73 Å². The highest BCUT2D eigenvalue weighted by molar-refractivity contribution is 5.84. The van der Waals surface area contributed by atoms with Gasteiger partial charge >= 0.3 is 5.97 Å². The van der Waals surface area contributed by atoms with Crippen LogP contribution >= 0.6 is 0 Å². The van der Waals surface area contributed by atoms with Crippen molar-refractivity contribution in [1.29, 1.82) is 0 Å². The monoisotopic (exact) mass is 284 g/mol. The number of hydrogen-bond acceptors (Lipinski definition) is 3. The number of carboxylic acid groups (broad SMARTS) is 1. The Morgan fingerprint density at radius 1 is 1.29 bits per heavy atom. The van der Waals surface area contributed by atoms with Gasteiger partial charge in [0.15, 0.2) is 0 Å². The highest BCUT2D eigenvalue weighted by Gasteiger charge is 2.20. The molecule has 4 heteroatoms. The van der Waals surface area contributed by atoms with E-state index in [4.69, 9.17) is 15.8 Å². The van der Waals surface area contributed by atoms with Gasteiger partial charge in [-0.1, -0.05) is 18.2 Å². The van der Waals surface area contributed by atoms with E-state index in [0.29, 0.717) is 6.42 Å². The van der Waals surface area contributed by atoms with E-state index >= 15 is 0 Å². The predicted molar refractivity (Wildman–Crippen MR) is 82.3 cm³/mol. The molecule has 1 unspecified atom stereocenters. The van der Waals surface area contributed by atoms with Gasteiger partial charge < -0.3 is 10.8 Å². The minimum atomic E-state index is -0.838. The molecular weight excluding hydrogens is 264 g/mol. The van der Waals surface area contributed by atoms with Crippen molar-refractivity contribution in [3.8, 4) is 0 Å². The van der Waals surface area contributed by atoms with Crippen molar-refractivity contribution < 1.29 is 9.90 Å². The number of carbonyl (C=O) groups is 1. The molecular formula is C17H20N2O2. The molecule has 21 heavy (non-hydrogen) atoms. The Balaban J connectivity index is 2.07. The number of para-hydroxylation sites is 1. The summed E-state index contributed by atoms with van der Waals surface area (Å²) in [6.07, 6.45) is 5.01. The van der Waals surface area contributed by atoms with Crippen LogP contribution in [0.25, 0.3) is 10.9 Å². The van der Waals surface area contributed by atoms with Gasteiger partial charge in [-0.2, -0.15) is 0 Å². The molecule has 3 N–H and O–H groups in total. The highest BCUT2D eigenvalue weighted by atomic mass is 16.4. The van der Waals surface area contributed by atoms with Crippen LogP contribution < -0.4 is 5.73 Å². The Morgan fingerprint density at radius 2 is 2.05 bits per heavy atom. The summed E-state index contributed by atoms with van der Waals surface area (Å²) >= 11 is 0. The lowest BCUT2D eigenvalue weighted by atomic mass is 9.87. The second kappa shape index (κ2) is 5.82. The van der Waals surface area contributed by atoms with Gasteiger partial charge in [-0.15, -0.1) is 0 Å². The van der Waals surface area contributed by atoms with Crippen molar-refractivity contribution in [2.75, 3.05) is 0 Å². The van der Waals surface area contributed by atoms with Crippen LogP contribution in [-0.4, -0.2) is 22.1 Å². The highest BCUT2D eigenvalue weighted by Crippen LogP contribution is 2.30. The minimum absolute atomic E-state index is 0.00538. The predicted octanol–water partition coefficient (Wildman–Crippen LogP) is 2.46. The molecule has 0 saturated carbocycles. The lowest BCUT2D eigenvalue weighted by molar-refractivity contribution is -0.137. The van der Waals surface area contributed by atoms with E-state index in [0.717, 1.165) is 23.7 Å². The quantitative estimate of drug-likeness (QED) is 0.904. The molecule has 1 heterocycles.